The summed E-state index contributed by atoms with van der Waals surface area (Å²) in [6.45, 7) is 4.19. The molecule has 0 aliphatic carbocycles. The first-order chi connectivity index (χ1) is 13.9. The second-order valence-corrected chi connectivity index (χ2v) is 6.85. The van der Waals surface area contributed by atoms with Crippen molar-refractivity contribution in [1.29, 1.82) is 0 Å². The molecule has 0 N–H and O–H groups in total. The zero-order chi connectivity index (χ0) is 20.7. The maximum absolute atomic E-state index is 13.1. The summed E-state index contributed by atoms with van der Waals surface area (Å²) in [6, 6.07) is 9.20. The van der Waals surface area contributed by atoms with Crippen LogP contribution in [0.2, 0.25) is 0 Å². The minimum absolute atomic E-state index is 0.0758. The summed E-state index contributed by atoms with van der Waals surface area (Å²) in [5, 5.41) is 0. The molecule has 29 heavy (non-hydrogen) atoms. The first-order valence-electron chi connectivity index (χ1n) is 9.29. The zero-order valence-electron chi connectivity index (χ0n) is 16.5. The maximum atomic E-state index is 13.1. The molecule has 0 spiro atoms. The highest BCUT2D eigenvalue weighted by atomic mass is 16.5. The van der Waals surface area contributed by atoms with Crippen LogP contribution in [0.3, 0.4) is 0 Å². The predicted octanol–water partition coefficient (Wildman–Crippen LogP) is 1.22. The number of nitrogens with zero attached hydrogens (tertiary/aromatic N) is 5. The van der Waals surface area contributed by atoms with Gasteiger partial charge in [0.1, 0.15) is 13.2 Å². The van der Waals surface area contributed by atoms with E-state index in [1.165, 1.54) is 11.6 Å². The van der Waals surface area contributed by atoms with Gasteiger partial charge in [-0.25, -0.2) is 9.36 Å². The number of aryl methyl sites for hydroxylation is 3. The number of carbonyl (C=O) groups excluding carboxylic acids is 1. The molecule has 0 fully saturated rings. The van der Waals surface area contributed by atoms with Gasteiger partial charge in [0, 0.05) is 25.5 Å². The van der Waals surface area contributed by atoms with Crippen molar-refractivity contribution < 1.29 is 9.53 Å². The molecule has 0 aliphatic heterocycles. The number of esters is 1. The Morgan fingerprint density at radius 1 is 1.14 bits per heavy atom. The van der Waals surface area contributed by atoms with Crippen LogP contribution in [0, 0.1) is 6.92 Å². The fourth-order valence-corrected chi connectivity index (χ4v) is 3.50. The van der Waals surface area contributed by atoms with Crippen molar-refractivity contribution in [2.75, 3.05) is 0 Å². The van der Waals surface area contributed by atoms with Gasteiger partial charge in [0.05, 0.1) is 0 Å². The average Bonchev–Trinajstić information content (AvgIpc) is 3.23. The Labute approximate surface area is 165 Å². The van der Waals surface area contributed by atoms with Crippen molar-refractivity contribution in [3.8, 4) is 0 Å². The fourth-order valence-electron chi connectivity index (χ4n) is 3.50. The number of carbonyl (C=O) groups is 1. The molecule has 3 aromatic heterocycles. The van der Waals surface area contributed by atoms with Crippen LogP contribution < -0.4 is 11.2 Å². The van der Waals surface area contributed by atoms with E-state index in [0.717, 1.165) is 15.8 Å². The number of fused-ring (bicyclic) bond motifs is 3. The van der Waals surface area contributed by atoms with E-state index in [0.29, 0.717) is 12.3 Å². The summed E-state index contributed by atoms with van der Waals surface area (Å²) in [5.41, 5.74) is 1.13. The average molecular weight is 395 g/mol. The Hall–Kier alpha value is -3.62. The highest BCUT2D eigenvalue weighted by Gasteiger charge is 2.21. The minimum atomic E-state index is -0.657. The topological polar surface area (TPSA) is 92.5 Å². The molecule has 0 unspecified atom stereocenters. The Morgan fingerprint density at radius 2 is 1.86 bits per heavy atom. The molecule has 4 aromatic rings. The van der Waals surface area contributed by atoms with Crippen molar-refractivity contribution >= 4 is 22.9 Å². The van der Waals surface area contributed by atoms with Gasteiger partial charge in [0.25, 0.3) is 5.56 Å². The molecule has 9 heteroatoms. The van der Waals surface area contributed by atoms with Gasteiger partial charge in [0.2, 0.25) is 5.78 Å². The highest BCUT2D eigenvalue weighted by Crippen LogP contribution is 2.15. The molecule has 0 amide bonds. The smallest absolute Gasteiger partial charge is 0.333 e. The Kier molecular flexibility index (Phi) is 4.57. The molecule has 0 atom stereocenters. The third-order valence-corrected chi connectivity index (χ3v) is 4.99. The summed E-state index contributed by atoms with van der Waals surface area (Å²) >= 11 is 0. The van der Waals surface area contributed by atoms with Gasteiger partial charge in [-0.1, -0.05) is 30.3 Å². The second-order valence-electron chi connectivity index (χ2n) is 6.85. The van der Waals surface area contributed by atoms with Gasteiger partial charge in [0.15, 0.2) is 11.2 Å². The number of hydrogen-bond acceptors (Lipinski definition) is 5. The summed E-state index contributed by atoms with van der Waals surface area (Å²) in [5.74, 6) is -0.0769. The van der Waals surface area contributed by atoms with Gasteiger partial charge in [-0.2, -0.15) is 4.98 Å². The van der Waals surface area contributed by atoms with E-state index in [1.807, 2.05) is 48.7 Å². The summed E-state index contributed by atoms with van der Waals surface area (Å²) in [7, 11) is 1.53. The zero-order valence-corrected chi connectivity index (χ0v) is 16.5. The van der Waals surface area contributed by atoms with Crippen LogP contribution in [0.1, 0.15) is 18.2 Å². The molecular weight excluding hydrogens is 374 g/mol. The fraction of sp³-hybridized carbons (Fsp3) is 0.300. The number of rotatable bonds is 5. The first-order valence-corrected chi connectivity index (χ1v) is 9.29. The highest BCUT2D eigenvalue weighted by molar-refractivity contribution is 5.76. The number of hydrogen-bond donors (Lipinski definition) is 0. The lowest BCUT2D eigenvalue weighted by atomic mass is 10.2. The van der Waals surface area contributed by atoms with Crippen LogP contribution in [0.25, 0.3) is 16.9 Å². The lowest BCUT2D eigenvalue weighted by molar-refractivity contribution is -0.145. The van der Waals surface area contributed by atoms with Crippen molar-refractivity contribution in [3.63, 3.8) is 0 Å². The van der Waals surface area contributed by atoms with Gasteiger partial charge in [-0.05, 0) is 19.4 Å². The van der Waals surface area contributed by atoms with Gasteiger partial charge >= 0.3 is 11.7 Å². The molecule has 3 heterocycles. The molecule has 0 aliphatic rings. The Bertz CT molecular complexity index is 1340. The molecule has 0 radical (unpaired) electrons. The van der Waals surface area contributed by atoms with Crippen molar-refractivity contribution in [1.82, 2.24) is 23.1 Å². The predicted molar refractivity (Wildman–Crippen MR) is 107 cm³/mol. The number of imidazole rings is 2. The van der Waals surface area contributed by atoms with Crippen molar-refractivity contribution in [2.24, 2.45) is 7.05 Å². The van der Waals surface area contributed by atoms with E-state index in [9.17, 15) is 14.4 Å². The van der Waals surface area contributed by atoms with Crippen LogP contribution in [0.5, 0.6) is 0 Å². The van der Waals surface area contributed by atoms with Crippen LogP contribution in [-0.4, -0.2) is 29.1 Å². The molecule has 0 bridgehead atoms. The molecule has 0 saturated carbocycles. The lowest BCUT2D eigenvalue weighted by Gasteiger charge is -2.08. The van der Waals surface area contributed by atoms with E-state index in [1.54, 1.807) is 10.6 Å². The van der Waals surface area contributed by atoms with Gasteiger partial charge in [-0.15, -0.1) is 0 Å². The van der Waals surface area contributed by atoms with E-state index >= 15 is 0 Å². The third-order valence-electron chi connectivity index (χ3n) is 4.99. The lowest BCUT2D eigenvalue weighted by Crippen LogP contribution is -2.41. The molecule has 150 valence electrons. The van der Waals surface area contributed by atoms with Crippen LogP contribution in [-0.2, 0) is 36.3 Å². The second kappa shape index (κ2) is 7.08. The normalized spacial score (nSPS) is 11.4. The summed E-state index contributed by atoms with van der Waals surface area (Å²) in [6.07, 6.45) is 1.80. The first kappa shape index (κ1) is 18.7. The standard InChI is InChI=1S/C20H21N5O4/c1-4-23-13(2)10-24-16-17(21-19(23)24)22(3)20(28)25(18(16)27)11-15(26)29-12-14-8-6-5-7-9-14/h5-10H,4,11-12H2,1-3H3. The SMILES string of the molecule is CCn1c(C)cn2c3c(=O)n(CC(=O)OCc4ccccc4)c(=O)n(C)c3nc12. The number of aromatic nitrogens is 5. The van der Waals surface area contributed by atoms with Crippen molar-refractivity contribution in [3.05, 3.63) is 68.6 Å². The quantitative estimate of drug-likeness (QED) is 0.474. The van der Waals surface area contributed by atoms with Crippen LogP contribution in [0.15, 0.2) is 46.1 Å². The van der Waals surface area contributed by atoms with Gasteiger partial charge < -0.3 is 9.30 Å². The third kappa shape index (κ3) is 3.04. The van der Waals surface area contributed by atoms with E-state index in [4.69, 9.17) is 4.74 Å². The monoisotopic (exact) mass is 395 g/mol. The number of ether oxygens (including phenoxy) is 1. The maximum Gasteiger partial charge on any atom is 0.333 e. The van der Waals surface area contributed by atoms with Crippen LogP contribution >= 0.6 is 0 Å². The summed E-state index contributed by atoms with van der Waals surface area (Å²) in [4.78, 5) is 42.5. The molecule has 4 rings (SSSR count). The van der Waals surface area contributed by atoms with Gasteiger partial charge in [-0.3, -0.25) is 18.6 Å². The van der Waals surface area contributed by atoms with Crippen molar-refractivity contribution in [2.45, 2.75) is 33.5 Å². The summed E-state index contributed by atoms with van der Waals surface area (Å²) < 4.78 is 11.0. The molecule has 9 nitrogen and oxygen atoms in total. The Morgan fingerprint density at radius 3 is 2.55 bits per heavy atom. The molecule has 0 saturated heterocycles. The number of benzene rings is 1. The minimum Gasteiger partial charge on any atom is -0.459 e. The molecular formula is C20H21N5O4. The van der Waals surface area contributed by atoms with E-state index in [-0.39, 0.29) is 17.8 Å². The van der Waals surface area contributed by atoms with E-state index < -0.39 is 23.8 Å². The van der Waals surface area contributed by atoms with Crippen LogP contribution in [0.4, 0.5) is 0 Å². The largest absolute Gasteiger partial charge is 0.459 e. The molecule has 1 aromatic carbocycles. The Balaban J connectivity index is 1.74. The van der Waals surface area contributed by atoms with E-state index in [2.05, 4.69) is 4.98 Å².